The second-order valence-electron chi connectivity index (χ2n) is 10.5. The highest BCUT2D eigenvalue weighted by Gasteiger charge is 2.29. The van der Waals surface area contributed by atoms with Crippen LogP contribution < -0.4 is 24.4 Å². The first-order valence-electron chi connectivity index (χ1n) is 13.3. The van der Waals surface area contributed by atoms with Crippen molar-refractivity contribution < 1.29 is 33.6 Å². The summed E-state index contributed by atoms with van der Waals surface area (Å²) >= 11 is 0. The number of hydrogen-bond acceptors (Lipinski definition) is 10. The number of methoxy groups -OCH3 is 1. The fourth-order valence-electron chi connectivity index (χ4n) is 4.46. The van der Waals surface area contributed by atoms with Crippen LogP contribution in [-0.4, -0.2) is 69.3 Å². The van der Waals surface area contributed by atoms with Crippen LogP contribution in [0.5, 0.6) is 23.1 Å². The van der Waals surface area contributed by atoms with Gasteiger partial charge in [-0.3, -0.25) is 14.4 Å². The minimum atomic E-state index is -0.607. The van der Waals surface area contributed by atoms with Crippen LogP contribution in [0.15, 0.2) is 49.1 Å². The number of aromatic nitrogens is 4. The fourth-order valence-corrected chi connectivity index (χ4v) is 4.46. The van der Waals surface area contributed by atoms with Crippen molar-refractivity contribution in [3.63, 3.8) is 0 Å². The summed E-state index contributed by atoms with van der Waals surface area (Å²) in [4.78, 5) is 35.6. The number of anilines is 2. The molecule has 13 nitrogen and oxygen atoms in total. The Balaban J connectivity index is 1.25. The molecule has 0 bridgehead atoms. The largest absolute Gasteiger partial charge is 0.493 e. The number of benzene rings is 2. The van der Waals surface area contributed by atoms with Gasteiger partial charge in [0.2, 0.25) is 11.8 Å². The van der Waals surface area contributed by atoms with Gasteiger partial charge in [-0.25, -0.2) is 14.8 Å². The maximum absolute atomic E-state index is 12.8. The summed E-state index contributed by atoms with van der Waals surface area (Å²) < 4.78 is 23.9. The van der Waals surface area contributed by atoms with Gasteiger partial charge in [-0.05, 0) is 51.0 Å². The van der Waals surface area contributed by atoms with E-state index in [0.29, 0.717) is 46.8 Å². The SMILES string of the molecule is COc1cc2c(Oc3cnn(CC(=O)Nc4ccc5c(c4)N(C(=O)OC(C)(C)C)CC5)c3)ncnc2cc1OCCO. The van der Waals surface area contributed by atoms with E-state index in [0.717, 1.165) is 11.3 Å². The lowest BCUT2D eigenvalue weighted by atomic mass is 10.1. The average molecular weight is 577 g/mol. The van der Waals surface area contributed by atoms with E-state index in [1.54, 1.807) is 29.3 Å². The maximum Gasteiger partial charge on any atom is 0.414 e. The first-order chi connectivity index (χ1) is 20.1. The smallest absolute Gasteiger partial charge is 0.414 e. The number of hydrogen-bond donors (Lipinski definition) is 2. The number of aliphatic hydroxyl groups excluding tert-OH is 1. The molecule has 2 aromatic carbocycles. The highest BCUT2D eigenvalue weighted by molar-refractivity contribution is 5.95. The Kier molecular flexibility index (Phi) is 8.11. The molecule has 3 heterocycles. The van der Waals surface area contributed by atoms with Gasteiger partial charge < -0.3 is 29.4 Å². The summed E-state index contributed by atoms with van der Waals surface area (Å²) in [6.45, 7) is 5.89. The number of carbonyl (C=O) groups excluding carboxylic acids is 2. The van der Waals surface area contributed by atoms with E-state index in [1.165, 1.54) is 24.3 Å². The van der Waals surface area contributed by atoms with Crippen LogP contribution in [0.2, 0.25) is 0 Å². The lowest BCUT2D eigenvalue weighted by Gasteiger charge is -2.25. The number of carbonyl (C=O) groups is 2. The summed E-state index contributed by atoms with van der Waals surface area (Å²) in [5.74, 6) is 1.20. The van der Waals surface area contributed by atoms with Crippen LogP contribution in [0.4, 0.5) is 16.2 Å². The topological polar surface area (TPSA) is 150 Å². The van der Waals surface area contributed by atoms with Gasteiger partial charge in [-0.15, -0.1) is 0 Å². The molecule has 4 aromatic rings. The molecule has 42 heavy (non-hydrogen) atoms. The second kappa shape index (κ2) is 11.9. The Morgan fingerprint density at radius 2 is 1.95 bits per heavy atom. The number of ether oxygens (including phenoxy) is 4. The third kappa shape index (κ3) is 6.52. The van der Waals surface area contributed by atoms with Gasteiger partial charge in [-0.2, -0.15) is 5.10 Å². The number of nitrogens with one attached hydrogen (secondary N) is 1. The van der Waals surface area contributed by atoms with Crippen molar-refractivity contribution in [1.82, 2.24) is 19.7 Å². The van der Waals surface area contributed by atoms with Gasteiger partial charge in [0, 0.05) is 18.3 Å². The molecule has 13 heteroatoms. The highest BCUT2D eigenvalue weighted by Crippen LogP contribution is 2.36. The van der Waals surface area contributed by atoms with Crippen LogP contribution in [0.3, 0.4) is 0 Å². The molecule has 1 aliphatic heterocycles. The molecule has 0 aliphatic carbocycles. The summed E-state index contributed by atoms with van der Waals surface area (Å²) in [6.07, 6.45) is 4.71. The maximum atomic E-state index is 12.8. The normalized spacial score (nSPS) is 12.6. The Labute approximate surface area is 242 Å². The number of nitrogens with zero attached hydrogens (tertiary/aromatic N) is 5. The predicted octanol–water partition coefficient (Wildman–Crippen LogP) is 3.93. The molecule has 0 radical (unpaired) electrons. The molecular weight excluding hydrogens is 544 g/mol. The van der Waals surface area contributed by atoms with Crippen molar-refractivity contribution in [1.29, 1.82) is 0 Å². The average Bonchev–Trinajstić information content (AvgIpc) is 3.57. The second-order valence-corrected chi connectivity index (χ2v) is 10.5. The lowest BCUT2D eigenvalue weighted by molar-refractivity contribution is -0.116. The number of rotatable bonds is 9. The molecule has 2 N–H and O–H groups in total. The van der Waals surface area contributed by atoms with Crippen molar-refractivity contribution in [2.75, 3.05) is 37.1 Å². The third-order valence-electron chi connectivity index (χ3n) is 6.24. The van der Waals surface area contributed by atoms with E-state index in [2.05, 4.69) is 20.4 Å². The van der Waals surface area contributed by atoms with Crippen molar-refractivity contribution >= 4 is 34.3 Å². The van der Waals surface area contributed by atoms with Crippen molar-refractivity contribution in [3.8, 4) is 23.1 Å². The molecule has 2 amide bonds. The summed E-state index contributed by atoms with van der Waals surface area (Å²) in [5, 5.41) is 16.7. The summed E-state index contributed by atoms with van der Waals surface area (Å²) in [6, 6.07) is 8.85. The number of amides is 2. The van der Waals surface area contributed by atoms with E-state index in [-0.39, 0.29) is 31.5 Å². The van der Waals surface area contributed by atoms with Gasteiger partial charge in [0.05, 0.1) is 42.7 Å². The minimum absolute atomic E-state index is 0.0693. The molecule has 0 saturated heterocycles. The standard InChI is InChI=1S/C29H32N6O7/c1-29(2,3)42-28(38)35-8-7-18-5-6-19(11-23(18)35)33-26(37)16-34-15-20(14-32-34)41-27-21-12-24(39-4)25(40-10-9-36)13-22(21)30-17-31-27/h5-6,11-15,17,36H,7-10,16H2,1-4H3,(H,33,37). The Morgan fingerprint density at radius 1 is 1.12 bits per heavy atom. The molecule has 0 spiro atoms. The Morgan fingerprint density at radius 3 is 2.71 bits per heavy atom. The predicted molar refractivity (Wildman–Crippen MR) is 153 cm³/mol. The van der Waals surface area contributed by atoms with E-state index in [9.17, 15) is 9.59 Å². The first-order valence-corrected chi connectivity index (χ1v) is 13.3. The number of aliphatic hydroxyl groups is 1. The molecule has 220 valence electrons. The minimum Gasteiger partial charge on any atom is -0.493 e. The summed E-state index contributed by atoms with van der Waals surface area (Å²) in [7, 11) is 1.51. The van der Waals surface area contributed by atoms with Crippen molar-refractivity contribution in [2.24, 2.45) is 0 Å². The van der Waals surface area contributed by atoms with Crippen LogP contribution in [-0.2, 0) is 22.5 Å². The molecule has 0 unspecified atom stereocenters. The molecule has 5 rings (SSSR count). The monoisotopic (exact) mass is 576 g/mol. The van der Waals surface area contributed by atoms with E-state index < -0.39 is 11.7 Å². The quantitative estimate of drug-likeness (QED) is 0.300. The zero-order valence-electron chi connectivity index (χ0n) is 23.8. The lowest BCUT2D eigenvalue weighted by Crippen LogP contribution is -2.35. The van der Waals surface area contributed by atoms with Gasteiger partial charge in [0.25, 0.3) is 0 Å². The molecule has 2 aromatic heterocycles. The number of fused-ring (bicyclic) bond motifs is 2. The Bertz CT molecular complexity index is 1610. The fraction of sp³-hybridized carbons (Fsp3) is 0.345. The Hall–Kier alpha value is -4.91. The van der Waals surface area contributed by atoms with E-state index >= 15 is 0 Å². The zero-order chi connectivity index (χ0) is 29.9. The van der Waals surface area contributed by atoms with Crippen LogP contribution in [0.25, 0.3) is 10.9 Å². The van der Waals surface area contributed by atoms with Crippen LogP contribution in [0, 0.1) is 0 Å². The first kappa shape index (κ1) is 28.6. The third-order valence-corrected chi connectivity index (χ3v) is 6.24. The van der Waals surface area contributed by atoms with Gasteiger partial charge >= 0.3 is 6.09 Å². The van der Waals surface area contributed by atoms with Crippen molar-refractivity contribution in [2.45, 2.75) is 39.3 Å². The van der Waals surface area contributed by atoms with E-state index in [1.807, 2.05) is 32.9 Å². The molecule has 0 fully saturated rings. The molecular formula is C29H32N6O7. The van der Waals surface area contributed by atoms with Crippen molar-refractivity contribution in [3.05, 3.63) is 54.6 Å². The van der Waals surface area contributed by atoms with Gasteiger partial charge in [0.1, 0.15) is 25.1 Å². The molecule has 1 aliphatic rings. The van der Waals surface area contributed by atoms with Gasteiger partial charge in [0.15, 0.2) is 17.2 Å². The summed E-state index contributed by atoms with van der Waals surface area (Å²) in [5.41, 5.74) is 2.24. The molecule has 0 saturated carbocycles. The highest BCUT2D eigenvalue weighted by atomic mass is 16.6. The van der Waals surface area contributed by atoms with Gasteiger partial charge in [-0.1, -0.05) is 6.07 Å². The van der Waals surface area contributed by atoms with Crippen LogP contribution in [0.1, 0.15) is 26.3 Å². The molecule has 0 atom stereocenters. The zero-order valence-corrected chi connectivity index (χ0v) is 23.8. The van der Waals surface area contributed by atoms with E-state index in [4.69, 9.17) is 24.1 Å². The van der Waals surface area contributed by atoms with Crippen LogP contribution >= 0.6 is 0 Å².